The number of esters is 1. The monoisotopic (exact) mass is 428 g/mol. The summed E-state index contributed by atoms with van der Waals surface area (Å²) in [5.41, 5.74) is -0.153. The number of nitrogens with zero attached hydrogens (tertiary/aromatic N) is 2. The van der Waals surface area contributed by atoms with Crippen molar-refractivity contribution in [1.29, 1.82) is 0 Å². The van der Waals surface area contributed by atoms with Crippen LogP contribution in [0, 0.1) is 10.1 Å². The van der Waals surface area contributed by atoms with Gasteiger partial charge in [0.2, 0.25) is 0 Å². The third-order valence-corrected chi connectivity index (χ3v) is 5.48. The van der Waals surface area contributed by atoms with Gasteiger partial charge in [-0.15, -0.1) is 0 Å². The summed E-state index contributed by atoms with van der Waals surface area (Å²) in [5.74, 6) is -0.769. The molecule has 0 aliphatic heterocycles. The molecular formula is C15H13BrN2O6S. The first kappa shape index (κ1) is 18.9. The molecule has 0 atom stereocenters. The first-order chi connectivity index (χ1) is 11.8. The number of nitro groups is 1. The molecule has 132 valence electrons. The van der Waals surface area contributed by atoms with E-state index in [4.69, 9.17) is 0 Å². The molecule has 0 aromatic heterocycles. The van der Waals surface area contributed by atoms with Gasteiger partial charge in [-0.3, -0.25) is 19.2 Å². The van der Waals surface area contributed by atoms with E-state index in [9.17, 15) is 23.3 Å². The van der Waals surface area contributed by atoms with E-state index >= 15 is 0 Å². The van der Waals surface area contributed by atoms with Crippen molar-refractivity contribution in [3.05, 3.63) is 63.1 Å². The zero-order valence-electron chi connectivity index (χ0n) is 13.0. The van der Waals surface area contributed by atoms with Gasteiger partial charge in [0, 0.05) is 16.6 Å². The second-order valence-corrected chi connectivity index (χ2v) is 7.60. The maximum atomic E-state index is 13.0. The van der Waals surface area contributed by atoms with Crippen LogP contribution in [-0.2, 0) is 19.6 Å². The van der Waals surface area contributed by atoms with Crippen molar-refractivity contribution < 1.29 is 22.9 Å². The fourth-order valence-corrected chi connectivity index (χ4v) is 3.84. The molecule has 0 bridgehead atoms. The van der Waals surface area contributed by atoms with Gasteiger partial charge in [-0.25, -0.2) is 8.42 Å². The fraction of sp³-hybridized carbons (Fsp3) is 0.133. The van der Waals surface area contributed by atoms with E-state index < -0.39 is 27.5 Å². The number of benzene rings is 2. The predicted molar refractivity (Wildman–Crippen MR) is 93.8 cm³/mol. The maximum absolute atomic E-state index is 13.0. The van der Waals surface area contributed by atoms with Crippen LogP contribution in [0.3, 0.4) is 0 Å². The SMILES string of the molecule is COC(=O)CN(c1cccc(Br)c1)S(=O)(=O)c1cccc([N+](=O)[O-])c1. The largest absolute Gasteiger partial charge is 0.468 e. The van der Waals surface area contributed by atoms with E-state index in [0.717, 1.165) is 17.5 Å². The first-order valence-electron chi connectivity index (χ1n) is 6.85. The molecule has 0 radical (unpaired) electrons. The summed E-state index contributed by atoms with van der Waals surface area (Å²) < 4.78 is 31.9. The van der Waals surface area contributed by atoms with Gasteiger partial charge in [-0.1, -0.05) is 28.1 Å². The number of halogens is 1. The Morgan fingerprint density at radius 1 is 1.24 bits per heavy atom. The molecular weight excluding hydrogens is 416 g/mol. The highest BCUT2D eigenvalue weighted by Crippen LogP contribution is 2.27. The molecule has 0 N–H and O–H groups in total. The minimum Gasteiger partial charge on any atom is -0.468 e. The smallest absolute Gasteiger partial charge is 0.326 e. The van der Waals surface area contributed by atoms with E-state index in [-0.39, 0.29) is 16.3 Å². The molecule has 0 fully saturated rings. The van der Waals surface area contributed by atoms with E-state index in [0.29, 0.717) is 4.47 Å². The molecule has 2 aromatic carbocycles. The molecule has 0 amide bonds. The Morgan fingerprint density at radius 3 is 2.52 bits per heavy atom. The van der Waals surface area contributed by atoms with Crippen molar-refractivity contribution in [3.63, 3.8) is 0 Å². The van der Waals surface area contributed by atoms with Crippen molar-refractivity contribution in [2.24, 2.45) is 0 Å². The van der Waals surface area contributed by atoms with E-state index in [1.165, 1.54) is 30.3 Å². The lowest BCUT2D eigenvalue weighted by molar-refractivity contribution is -0.385. The molecule has 0 saturated carbocycles. The summed E-state index contributed by atoms with van der Waals surface area (Å²) in [6.45, 7) is -0.571. The second kappa shape index (κ2) is 7.62. The van der Waals surface area contributed by atoms with Crippen LogP contribution in [0.1, 0.15) is 0 Å². The van der Waals surface area contributed by atoms with Crippen LogP contribution >= 0.6 is 15.9 Å². The van der Waals surface area contributed by atoms with Crippen molar-refractivity contribution >= 4 is 43.3 Å². The topological polar surface area (TPSA) is 107 Å². The molecule has 0 aliphatic rings. The van der Waals surface area contributed by atoms with Crippen LogP contribution in [0.2, 0.25) is 0 Å². The third kappa shape index (κ3) is 4.34. The molecule has 25 heavy (non-hydrogen) atoms. The van der Waals surface area contributed by atoms with Gasteiger partial charge in [0.15, 0.2) is 0 Å². The van der Waals surface area contributed by atoms with Crippen LogP contribution in [-0.4, -0.2) is 33.0 Å². The number of rotatable bonds is 6. The summed E-state index contributed by atoms with van der Waals surface area (Å²) in [7, 11) is -3.08. The zero-order chi connectivity index (χ0) is 18.6. The van der Waals surface area contributed by atoms with Crippen LogP contribution in [0.15, 0.2) is 57.9 Å². The van der Waals surface area contributed by atoms with Gasteiger partial charge in [-0.05, 0) is 24.3 Å². The number of sulfonamides is 1. The Morgan fingerprint density at radius 2 is 1.92 bits per heavy atom. The lowest BCUT2D eigenvalue weighted by atomic mass is 10.3. The summed E-state index contributed by atoms with van der Waals surface area (Å²) in [6.07, 6.45) is 0. The number of carbonyl (C=O) groups is 1. The van der Waals surface area contributed by atoms with Gasteiger partial charge in [0.05, 0.1) is 22.6 Å². The first-order valence-corrected chi connectivity index (χ1v) is 9.08. The normalized spacial score (nSPS) is 11.0. The van der Waals surface area contributed by atoms with E-state index in [1.807, 2.05) is 0 Å². The van der Waals surface area contributed by atoms with E-state index in [1.54, 1.807) is 12.1 Å². The third-order valence-electron chi connectivity index (χ3n) is 3.21. The van der Waals surface area contributed by atoms with Crippen molar-refractivity contribution in [1.82, 2.24) is 0 Å². The maximum Gasteiger partial charge on any atom is 0.326 e. The van der Waals surface area contributed by atoms with Crippen molar-refractivity contribution in [3.8, 4) is 0 Å². The average Bonchev–Trinajstić information content (AvgIpc) is 2.59. The van der Waals surface area contributed by atoms with E-state index in [2.05, 4.69) is 20.7 Å². The lowest BCUT2D eigenvalue weighted by Crippen LogP contribution is -2.36. The molecule has 0 heterocycles. The number of carbonyl (C=O) groups excluding carboxylic acids is 1. The van der Waals surface area contributed by atoms with Crippen molar-refractivity contribution in [2.75, 3.05) is 18.0 Å². The zero-order valence-corrected chi connectivity index (χ0v) is 15.4. The second-order valence-electron chi connectivity index (χ2n) is 4.82. The number of methoxy groups -OCH3 is 1. The highest BCUT2D eigenvalue weighted by molar-refractivity contribution is 9.10. The number of nitro benzene ring substituents is 1. The standard InChI is InChI=1S/C15H13BrN2O6S/c1-24-15(19)10-17(12-5-2-4-11(16)8-12)25(22,23)14-7-3-6-13(9-14)18(20)21/h2-9H,10H2,1H3. The van der Waals surface area contributed by atoms with Gasteiger partial charge in [0.25, 0.3) is 15.7 Å². The Kier molecular flexibility index (Phi) is 5.75. The van der Waals surface area contributed by atoms with Crippen LogP contribution in [0.25, 0.3) is 0 Å². The molecule has 0 unspecified atom stereocenters. The van der Waals surface area contributed by atoms with Gasteiger partial charge in [-0.2, -0.15) is 0 Å². The number of hydrogen-bond acceptors (Lipinski definition) is 6. The fourth-order valence-electron chi connectivity index (χ4n) is 2.01. The molecule has 0 spiro atoms. The Hall–Kier alpha value is -2.46. The Balaban J connectivity index is 2.57. The summed E-state index contributed by atoms with van der Waals surface area (Å²) in [5, 5.41) is 10.9. The Labute approximate surface area is 152 Å². The summed E-state index contributed by atoms with van der Waals surface area (Å²) >= 11 is 3.24. The molecule has 2 rings (SSSR count). The summed E-state index contributed by atoms with van der Waals surface area (Å²) in [6, 6.07) is 10.9. The minimum absolute atomic E-state index is 0.214. The molecule has 2 aromatic rings. The number of hydrogen-bond donors (Lipinski definition) is 0. The van der Waals surface area contributed by atoms with Crippen LogP contribution < -0.4 is 4.31 Å². The highest BCUT2D eigenvalue weighted by Gasteiger charge is 2.29. The van der Waals surface area contributed by atoms with Gasteiger partial charge < -0.3 is 4.74 Å². The number of non-ortho nitro benzene ring substituents is 1. The predicted octanol–water partition coefficient (Wildman–Crippen LogP) is 2.73. The lowest BCUT2D eigenvalue weighted by Gasteiger charge is -2.23. The molecule has 0 aliphatic carbocycles. The van der Waals surface area contributed by atoms with Gasteiger partial charge >= 0.3 is 5.97 Å². The molecule has 10 heteroatoms. The van der Waals surface area contributed by atoms with Crippen LogP contribution in [0.5, 0.6) is 0 Å². The Bertz CT molecular complexity index is 916. The van der Waals surface area contributed by atoms with Crippen molar-refractivity contribution in [2.45, 2.75) is 4.90 Å². The van der Waals surface area contributed by atoms with Crippen LogP contribution in [0.4, 0.5) is 11.4 Å². The minimum atomic E-state index is -4.22. The highest BCUT2D eigenvalue weighted by atomic mass is 79.9. The number of anilines is 1. The average molecular weight is 429 g/mol. The molecule has 0 saturated heterocycles. The summed E-state index contributed by atoms with van der Waals surface area (Å²) in [4.78, 5) is 21.6. The quantitative estimate of drug-likeness (QED) is 0.397. The molecule has 8 nitrogen and oxygen atoms in total. The number of ether oxygens (including phenoxy) is 1. The van der Waals surface area contributed by atoms with Gasteiger partial charge in [0.1, 0.15) is 6.54 Å².